The average Bonchev–Trinajstić information content (AvgIpc) is 2.20. The molecule has 3 N–H and O–H groups in total. The Kier molecular flexibility index (Phi) is 3.95. The van der Waals surface area contributed by atoms with Crippen LogP contribution in [-0.4, -0.2) is 32.1 Å². The molecule has 1 rings (SSSR count). The zero-order valence-corrected chi connectivity index (χ0v) is 9.12. The number of nitrogens with two attached hydrogens (primary N) is 1. The van der Waals surface area contributed by atoms with Crippen LogP contribution in [0, 0.1) is 11.3 Å². The first-order valence-corrected chi connectivity index (χ1v) is 4.82. The number of para-hydroxylation sites is 1. The van der Waals surface area contributed by atoms with Crippen molar-refractivity contribution in [3.8, 4) is 6.07 Å². The first-order valence-electron chi connectivity index (χ1n) is 4.82. The van der Waals surface area contributed by atoms with Gasteiger partial charge in [0.2, 0.25) is 0 Å². The fourth-order valence-electron chi connectivity index (χ4n) is 1.23. The maximum atomic E-state index is 8.79. The molecule has 4 heteroatoms. The van der Waals surface area contributed by atoms with Crippen LogP contribution >= 0.6 is 0 Å². The molecule has 4 nitrogen and oxygen atoms in total. The summed E-state index contributed by atoms with van der Waals surface area (Å²) in [6, 6.07) is 7.48. The SMILES string of the molecule is CN(C)CCNc1cccc(C#N)c1N. The van der Waals surface area contributed by atoms with Crippen molar-refractivity contribution in [1.29, 1.82) is 5.26 Å². The van der Waals surface area contributed by atoms with Crippen molar-refractivity contribution < 1.29 is 0 Å². The Morgan fingerprint density at radius 3 is 2.80 bits per heavy atom. The van der Waals surface area contributed by atoms with Crippen molar-refractivity contribution in [2.45, 2.75) is 0 Å². The van der Waals surface area contributed by atoms with E-state index in [4.69, 9.17) is 11.0 Å². The highest BCUT2D eigenvalue weighted by molar-refractivity contribution is 5.72. The Balaban J connectivity index is 2.66. The fraction of sp³-hybridized carbons (Fsp3) is 0.364. The summed E-state index contributed by atoms with van der Waals surface area (Å²) >= 11 is 0. The number of nitriles is 1. The van der Waals surface area contributed by atoms with Gasteiger partial charge in [0.1, 0.15) is 6.07 Å². The number of hydrogen-bond acceptors (Lipinski definition) is 4. The second-order valence-corrected chi connectivity index (χ2v) is 3.61. The topological polar surface area (TPSA) is 65.1 Å². The summed E-state index contributed by atoms with van der Waals surface area (Å²) in [4.78, 5) is 2.08. The van der Waals surface area contributed by atoms with Crippen LogP contribution in [0.3, 0.4) is 0 Å². The predicted molar refractivity (Wildman–Crippen MR) is 62.6 cm³/mol. The molecule has 15 heavy (non-hydrogen) atoms. The zero-order chi connectivity index (χ0) is 11.3. The van der Waals surface area contributed by atoms with Gasteiger partial charge in [-0.1, -0.05) is 6.07 Å². The standard InChI is InChI=1S/C11H16N4/c1-15(2)7-6-14-10-5-3-4-9(8-12)11(10)13/h3-5,14H,6-7,13H2,1-2H3. The van der Waals surface area contributed by atoms with Gasteiger partial charge in [-0.3, -0.25) is 0 Å². The second kappa shape index (κ2) is 5.23. The van der Waals surface area contributed by atoms with Gasteiger partial charge < -0.3 is 16.0 Å². The van der Waals surface area contributed by atoms with Gasteiger partial charge in [-0.15, -0.1) is 0 Å². The van der Waals surface area contributed by atoms with E-state index in [-0.39, 0.29) is 0 Å². The van der Waals surface area contributed by atoms with Crippen LogP contribution in [0.2, 0.25) is 0 Å². The van der Waals surface area contributed by atoms with E-state index in [2.05, 4.69) is 16.3 Å². The predicted octanol–water partition coefficient (Wildman–Crippen LogP) is 1.11. The van der Waals surface area contributed by atoms with E-state index >= 15 is 0 Å². The first-order chi connectivity index (χ1) is 7.15. The molecule has 0 aromatic heterocycles. The molecule has 0 atom stereocenters. The van der Waals surface area contributed by atoms with Crippen molar-refractivity contribution >= 4 is 11.4 Å². The number of hydrogen-bond donors (Lipinski definition) is 2. The minimum absolute atomic E-state index is 0.518. The molecule has 1 aromatic rings. The summed E-state index contributed by atoms with van der Waals surface area (Å²) in [7, 11) is 4.02. The van der Waals surface area contributed by atoms with Crippen molar-refractivity contribution in [1.82, 2.24) is 4.90 Å². The Morgan fingerprint density at radius 1 is 1.47 bits per heavy atom. The largest absolute Gasteiger partial charge is 0.396 e. The minimum atomic E-state index is 0.518. The van der Waals surface area contributed by atoms with Crippen molar-refractivity contribution in [2.24, 2.45) is 0 Å². The summed E-state index contributed by atoms with van der Waals surface area (Å²) in [5, 5.41) is 12.0. The number of rotatable bonds is 4. The molecule has 0 bridgehead atoms. The summed E-state index contributed by atoms with van der Waals surface area (Å²) in [5.41, 5.74) is 7.69. The van der Waals surface area contributed by atoms with Crippen LogP contribution < -0.4 is 11.1 Å². The average molecular weight is 204 g/mol. The maximum absolute atomic E-state index is 8.79. The van der Waals surface area contributed by atoms with Crippen molar-refractivity contribution in [3.63, 3.8) is 0 Å². The van der Waals surface area contributed by atoms with Crippen LogP contribution in [0.5, 0.6) is 0 Å². The van der Waals surface area contributed by atoms with Gasteiger partial charge in [0.05, 0.1) is 16.9 Å². The lowest BCUT2D eigenvalue weighted by molar-refractivity contribution is 0.425. The monoisotopic (exact) mass is 204 g/mol. The van der Waals surface area contributed by atoms with Crippen LogP contribution in [0.25, 0.3) is 0 Å². The maximum Gasteiger partial charge on any atom is 0.101 e. The van der Waals surface area contributed by atoms with Crippen LogP contribution in [0.4, 0.5) is 11.4 Å². The summed E-state index contributed by atoms with van der Waals surface area (Å²) in [6.07, 6.45) is 0. The number of nitrogens with one attached hydrogen (secondary N) is 1. The molecular weight excluding hydrogens is 188 g/mol. The molecule has 0 saturated carbocycles. The molecule has 0 aliphatic heterocycles. The first kappa shape index (κ1) is 11.3. The van der Waals surface area contributed by atoms with Gasteiger partial charge in [-0.25, -0.2) is 0 Å². The molecule has 0 unspecified atom stereocenters. The number of nitrogen functional groups attached to an aromatic ring is 1. The molecule has 80 valence electrons. The molecule has 0 saturated heterocycles. The van der Waals surface area contributed by atoms with Gasteiger partial charge in [0, 0.05) is 13.1 Å². The highest BCUT2D eigenvalue weighted by atomic mass is 15.1. The molecule has 0 radical (unpaired) electrons. The third-order valence-electron chi connectivity index (χ3n) is 2.10. The smallest absolute Gasteiger partial charge is 0.101 e. The number of anilines is 2. The molecule has 0 heterocycles. The Labute approximate surface area is 90.3 Å². The highest BCUT2D eigenvalue weighted by Crippen LogP contribution is 2.21. The molecule has 0 fully saturated rings. The minimum Gasteiger partial charge on any atom is -0.396 e. The van der Waals surface area contributed by atoms with E-state index in [9.17, 15) is 0 Å². The summed E-state index contributed by atoms with van der Waals surface area (Å²) in [5.74, 6) is 0. The molecule has 0 spiro atoms. The van der Waals surface area contributed by atoms with Crippen molar-refractivity contribution in [2.75, 3.05) is 38.2 Å². The van der Waals surface area contributed by atoms with Gasteiger partial charge in [-0.2, -0.15) is 5.26 Å². The van der Waals surface area contributed by atoms with Crippen molar-refractivity contribution in [3.05, 3.63) is 23.8 Å². The van der Waals surface area contributed by atoms with Gasteiger partial charge in [-0.05, 0) is 26.2 Å². The molecule has 0 amide bonds. The highest BCUT2D eigenvalue weighted by Gasteiger charge is 2.02. The number of benzene rings is 1. The van der Waals surface area contributed by atoms with Gasteiger partial charge >= 0.3 is 0 Å². The number of nitrogens with zero attached hydrogens (tertiary/aromatic N) is 2. The lowest BCUT2D eigenvalue weighted by atomic mass is 10.1. The third-order valence-corrected chi connectivity index (χ3v) is 2.10. The summed E-state index contributed by atoms with van der Waals surface area (Å²) < 4.78 is 0. The normalized spacial score (nSPS) is 10.0. The quantitative estimate of drug-likeness (QED) is 0.721. The lowest BCUT2D eigenvalue weighted by Gasteiger charge is -2.13. The molecule has 1 aromatic carbocycles. The van der Waals surface area contributed by atoms with Crippen LogP contribution in [-0.2, 0) is 0 Å². The van der Waals surface area contributed by atoms with E-state index < -0.39 is 0 Å². The van der Waals surface area contributed by atoms with E-state index in [1.54, 1.807) is 6.07 Å². The molecule has 0 aliphatic rings. The van der Waals surface area contributed by atoms with Crippen LogP contribution in [0.15, 0.2) is 18.2 Å². The molecular formula is C11H16N4. The second-order valence-electron chi connectivity index (χ2n) is 3.61. The summed E-state index contributed by atoms with van der Waals surface area (Å²) in [6.45, 7) is 1.74. The Hall–Kier alpha value is -1.73. The van der Waals surface area contributed by atoms with E-state index in [0.717, 1.165) is 18.8 Å². The van der Waals surface area contributed by atoms with Gasteiger partial charge in [0.15, 0.2) is 0 Å². The van der Waals surface area contributed by atoms with Gasteiger partial charge in [0.25, 0.3) is 0 Å². The lowest BCUT2D eigenvalue weighted by Crippen LogP contribution is -2.21. The van der Waals surface area contributed by atoms with E-state index in [1.807, 2.05) is 26.2 Å². The van der Waals surface area contributed by atoms with E-state index in [1.165, 1.54) is 0 Å². The van der Waals surface area contributed by atoms with Crippen LogP contribution in [0.1, 0.15) is 5.56 Å². The molecule has 0 aliphatic carbocycles. The Bertz CT molecular complexity index is 365. The fourth-order valence-corrected chi connectivity index (χ4v) is 1.23. The Morgan fingerprint density at radius 2 is 2.20 bits per heavy atom. The third kappa shape index (κ3) is 3.15. The number of likely N-dealkylation sites (N-methyl/N-ethyl adjacent to an activating group) is 1. The van der Waals surface area contributed by atoms with E-state index in [0.29, 0.717) is 11.3 Å². The zero-order valence-electron chi connectivity index (χ0n) is 9.12.